The lowest BCUT2D eigenvalue weighted by Gasteiger charge is -2.40. The van der Waals surface area contributed by atoms with Gasteiger partial charge in [-0.05, 0) is 61.7 Å². The summed E-state index contributed by atoms with van der Waals surface area (Å²) in [6, 6.07) is 24.0. The number of likely N-dealkylation sites (tertiary alicyclic amines) is 1. The van der Waals surface area contributed by atoms with Gasteiger partial charge in [-0.25, -0.2) is 4.90 Å². The number of hydrogen-bond donors (Lipinski definition) is 0. The summed E-state index contributed by atoms with van der Waals surface area (Å²) in [6.45, 7) is 4.45. The number of nitrogens with zero attached hydrogens (tertiary/aromatic N) is 3. The first kappa shape index (κ1) is 25.4. The Hall–Kier alpha value is -3.29. The zero-order valence-corrected chi connectivity index (χ0v) is 22.4. The van der Waals surface area contributed by atoms with Gasteiger partial charge in [-0.1, -0.05) is 64.0 Å². The Morgan fingerprint density at radius 3 is 2.32 bits per heavy atom. The van der Waals surface area contributed by atoms with E-state index in [9.17, 15) is 14.4 Å². The predicted octanol–water partition coefficient (Wildman–Crippen LogP) is 5.20. The first-order chi connectivity index (χ1) is 17.9. The molecule has 0 radical (unpaired) electrons. The van der Waals surface area contributed by atoms with Crippen LogP contribution in [0.5, 0.6) is 0 Å². The molecule has 1 atom stereocenters. The summed E-state index contributed by atoms with van der Waals surface area (Å²) in [4.78, 5) is 46.0. The van der Waals surface area contributed by atoms with E-state index in [1.807, 2.05) is 43.3 Å². The number of rotatable bonds is 6. The van der Waals surface area contributed by atoms with Crippen molar-refractivity contribution in [2.45, 2.75) is 44.8 Å². The Bertz CT molecular complexity index is 1290. The van der Waals surface area contributed by atoms with E-state index in [0.29, 0.717) is 11.3 Å². The van der Waals surface area contributed by atoms with Crippen molar-refractivity contribution in [2.75, 3.05) is 18.0 Å². The summed E-state index contributed by atoms with van der Waals surface area (Å²) < 4.78 is 0.866. The number of anilines is 1. The Kier molecular flexibility index (Phi) is 7.53. The molecule has 2 saturated heterocycles. The van der Waals surface area contributed by atoms with E-state index in [-0.39, 0.29) is 30.2 Å². The summed E-state index contributed by atoms with van der Waals surface area (Å²) in [6.07, 6.45) is 1.50. The van der Waals surface area contributed by atoms with Crippen molar-refractivity contribution in [1.82, 2.24) is 9.80 Å². The van der Waals surface area contributed by atoms with Crippen molar-refractivity contribution in [2.24, 2.45) is 0 Å². The largest absolute Gasteiger partial charge is 0.323 e. The van der Waals surface area contributed by atoms with Crippen LogP contribution in [0.1, 0.15) is 40.7 Å². The van der Waals surface area contributed by atoms with Crippen LogP contribution in [0.2, 0.25) is 0 Å². The summed E-state index contributed by atoms with van der Waals surface area (Å²) in [7, 11) is 0. The minimum Gasteiger partial charge on any atom is -0.323 e. The lowest BCUT2D eigenvalue weighted by Crippen LogP contribution is -2.54. The maximum absolute atomic E-state index is 13.9. The third kappa shape index (κ3) is 5.53. The molecular formula is C30H30BrN3O3. The molecule has 0 N–H and O–H groups in total. The second-order valence-corrected chi connectivity index (χ2v) is 10.8. The number of piperidine rings is 1. The van der Waals surface area contributed by atoms with E-state index in [2.05, 4.69) is 33.0 Å². The number of benzene rings is 3. The van der Waals surface area contributed by atoms with Crippen molar-refractivity contribution in [1.29, 1.82) is 0 Å². The van der Waals surface area contributed by atoms with Gasteiger partial charge in [0.2, 0.25) is 5.91 Å². The third-order valence-electron chi connectivity index (χ3n) is 7.24. The molecule has 7 heteroatoms. The fourth-order valence-electron chi connectivity index (χ4n) is 5.38. The highest BCUT2D eigenvalue weighted by atomic mass is 79.9. The first-order valence-corrected chi connectivity index (χ1v) is 13.5. The van der Waals surface area contributed by atoms with Gasteiger partial charge < -0.3 is 4.90 Å². The number of imide groups is 1. The quantitative estimate of drug-likeness (QED) is 0.389. The molecule has 5 rings (SSSR count). The van der Waals surface area contributed by atoms with Gasteiger partial charge in [-0.15, -0.1) is 0 Å². The van der Waals surface area contributed by atoms with Crippen molar-refractivity contribution in [3.05, 3.63) is 100 Å². The van der Waals surface area contributed by atoms with Crippen LogP contribution in [-0.4, -0.2) is 52.7 Å². The van der Waals surface area contributed by atoms with Crippen LogP contribution in [-0.2, 0) is 16.1 Å². The molecule has 2 aliphatic heterocycles. The van der Waals surface area contributed by atoms with Crippen LogP contribution in [0.3, 0.4) is 0 Å². The molecule has 3 aromatic rings. The predicted molar refractivity (Wildman–Crippen MR) is 147 cm³/mol. The van der Waals surface area contributed by atoms with E-state index in [0.717, 1.165) is 42.5 Å². The lowest BCUT2D eigenvalue weighted by atomic mass is 9.98. The minimum atomic E-state index is -0.810. The van der Waals surface area contributed by atoms with E-state index < -0.39 is 6.04 Å². The standard InChI is InChI=1S/C30H30BrN3O3/c1-21-6-5-9-23(18-21)29(36)33(26-14-16-32(17-15-26)20-22-7-3-2-4-8-22)27-19-28(35)34(30(27)37)25-12-10-24(31)11-13-25/h2-13,18,26-27H,14-17,19-20H2,1H3. The molecule has 2 aliphatic rings. The second kappa shape index (κ2) is 11.0. The molecule has 3 amide bonds. The average Bonchev–Trinajstić information content (AvgIpc) is 3.19. The number of carbonyl (C=O) groups is 3. The van der Waals surface area contributed by atoms with Gasteiger partial charge in [0.25, 0.3) is 11.8 Å². The molecule has 2 fully saturated rings. The Morgan fingerprint density at radius 2 is 1.65 bits per heavy atom. The molecular weight excluding hydrogens is 530 g/mol. The molecule has 37 heavy (non-hydrogen) atoms. The van der Waals surface area contributed by atoms with Crippen molar-refractivity contribution in [3.63, 3.8) is 0 Å². The van der Waals surface area contributed by atoms with E-state index in [4.69, 9.17) is 0 Å². The average molecular weight is 560 g/mol. The molecule has 6 nitrogen and oxygen atoms in total. The highest BCUT2D eigenvalue weighted by molar-refractivity contribution is 9.10. The van der Waals surface area contributed by atoms with Crippen LogP contribution < -0.4 is 4.90 Å². The van der Waals surface area contributed by atoms with Gasteiger partial charge in [-0.3, -0.25) is 19.3 Å². The van der Waals surface area contributed by atoms with Crippen LogP contribution in [0.25, 0.3) is 0 Å². The SMILES string of the molecule is Cc1cccc(C(=O)N(C2CCN(Cc3ccccc3)CC2)C2CC(=O)N(c3ccc(Br)cc3)C2=O)c1. The van der Waals surface area contributed by atoms with Gasteiger partial charge in [0.05, 0.1) is 12.1 Å². The highest BCUT2D eigenvalue weighted by Gasteiger charge is 2.47. The molecule has 3 aromatic carbocycles. The van der Waals surface area contributed by atoms with Gasteiger partial charge >= 0.3 is 0 Å². The summed E-state index contributed by atoms with van der Waals surface area (Å²) in [5.74, 6) is -0.796. The Balaban J connectivity index is 1.39. The van der Waals surface area contributed by atoms with Gasteiger partial charge in [0, 0.05) is 35.7 Å². The number of hydrogen-bond acceptors (Lipinski definition) is 4. The van der Waals surface area contributed by atoms with Gasteiger partial charge in [0.1, 0.15) is 6.04 Å². The zero-order chi connectivity index (χ0) is 25.9. The monoisotopic (exact) mass is 559 g/mol. The topological polar surface area (TPSA) is 60.9 Å². The summed E-state index contributed by atoms with van der Waals surface area (Å²) in [5.41, 5.74) is 3.32. The molecule has 1 unspecified atom stereocenters. The fraction of sp³-hybridized carbons (Fsp3) is 0.300. The molecule has 190 valence electrons. The smallest absolute Gasteiger partial charge is 0.257 e. The van der Waals surface area contributed by atoms with Crippen molar-refractivity contribution >= 4 is 39.3 Å². The third-order valence-corrected chi connectivity index (χ3v) is 7.77. The second-order valence-electron chi connectivity index (χ2n) is 9.84. The normalized spacial score (nSPS) is 18.9. The van der Waals surface area contributed by atoms with Crippen LogP contribution in [0, 0.1) is 6.92 Å². The Labute approximate surface area is 226 Å². The van der Waals surface area contributed by atoms with Crippen LogP contribution in [0.15, 0.2) is 83.3 Å². The lowest BCUT2D eigenvalue weighted by molar-refractivity contribution is -0.123. The van der Waals surface area contributed by atoms with Crippen LogP contribution >= 0.6 is 15.9 Å². The first-order valence-electron chi connectivity index (χ1n) is 12.7. The molecule has 0 saturated carbocycles. The molecule has 0 aromatic heterocycles. The zero-order valence-electron chi connectivity index (χ0n) is 20.8. The molecule has 0 aliphatic carbocycles. The van der Waals surface area contributed by atoms with Gasteiger partial charge in [-0.2, -0.15) is 0 Å². The number of amides is 3. The molecule has 2 heterocycles. The summed E-state index contributed by atoms with van der Waals surface area (Å²) in [5, 5.41) is 0. The van der Waals surface area contributed by atoms with E-state index >= 15 is 0 Å². The number of carbonyl (C=O) groups excluding carboxylic acids is 3. The Morgan fingerprint density at radius 1 is 0.946 bits per heavy atom. The minimum absolute atomic E-state index is 0.00329. The summed E-state index contributed by atoms with van der Waals surface area (Å²) >= 11 is 3.40. The maximum atomic E-state index is 13.9. The van der Waals surface area contributed by atoms with Crippen molar-refractivity contribution in [3.8, 4) is 0 Å². The number of aryl methyl sites for hydroxylation is 1. The van der Waals surface area contributed by atoms with E-state index in [1.165, 1.54) is 10.5 Å². The molecule has 0 spiro atoms. The number of halogens is 1. The maximum Gasteiger partial charge on any atom is 0.257 e. The van der Waals surface area contributed by atoms with Crippen molar-refractivity contribution < 1.29 is 14.4 Å². The van der Waals surface area contributed by atoms with E-state index in [1.54, 1.807) is 35.2 Å². The molecule has 0 bridgehead atoms. The highest BCUT2D eigenvalue weighted by Crippen LogP contribution is 2.31. The van der Waals surface area contributed by atoms with Crippen LogP contribution in [0.4, 0.5) is 5.69 Å². The van der Waals surface area contributed by atoms with Gasteiger partial charge in [0.15, 0.2) is 0 Å². The fourth-order valence-corrected chi connectivity index (χ4v) is 5.65.